The fraction of sp³-hybridized carbons (Fsp3) is 0.371. The van der Waals surface area contributed by atoms with Crippen LogP contribution in [-0.2, 0) is 19.4 Å². The lowest BCUT2D eigenvalue weighted by molar-refractivity contribution is -0.00402. The van der Waals surface area contributed by atoms with Gasteiger partial charge in [-0.25, -0.2) is 4.98 Å². The molecule has 0 saturated carbocycles. The monoisotopic (exact) mass is 630 g/mol. The van der Waals surface area contributed by atoms with E-state index in [2.05, 4.69) is 39.9 Å². The Morgan fingerprint density at radius 1 is 0.886 bits per heavy atom. The van der Waals surface area contributed by atoms with Gasteiger partial charge in [0.25, 0.3) is 0 Å². The largest absolute Gasteiger partial charge is 0.496 e. The van der Waals surface area contributed by atoms with Gasteiger partial charge in [-0.15, -0.1) is 0 Å². The number of β-amino-alcohol motifs (C(OH)–C–C–N with tert-alkyl or cyclic N) is 1. The molecule has 0 amide bonds. The Morgan fingerprint density at radius 3 is 2.23 bits per heavy atom. The second-order valence-electron chi connectivity index (χ2n) is 12.3. The van der Waals surface area contributed by atoms with Crippen molar-refractivity contribution in [2.45, 2.75) is 38.5 Å². The predicted octanol–water partition coefficient (Wildman–Crippen LogP) is 6.40. The molecule has 1 aliphatic carbocycles. The second-order valence-corrected chi connectivity index (χ2v) is 13.1. The molecule has 0 unspecified atom stereocenters. The number of benzene rings is 3. The van der Waals surface area contributed by atoms with E-state index in [1.165, 1.54) is 24.2 Å². The Bertz CT molecular complexity index is 1720. The molecule has 1 atom stereocenters. The van der Waals surface area contributed by atoms with E-state index in [1.54, 1.807) is 20.4 Å². The van der Waals surface area contributed by atoms with Crippen LogP contribution < -0.4 is 9.47 Å². The molecule has 7 rings (SSSR count). The van der Waals surface area contributed by atoms with Gasteiger partial charge in [-0.05, 0) is 41.5 Å². The van der Waals surface area contributed by atoms with Crippen LogP contribution in [0.15, 0.2) is 54.7 Å². The highest BCUT2D eigenvalue weighted by Crippen LogP contribution is 2.45. The fourth-order valence-electron chi connectivity index (χ4n) is 6.90. The first-order chi connectivity index (χ1) is 21.3. The molecule has 9 heteroatoms. The minimum atomic E-state index is -0.281. The highest BCUT2D eigenvalue weighted by molar-refractivity contribution is 6.39. The number of nitrogens with zero attached hydrogens (tertiary/aromatic N) is 4. The van der Waals surface area contributed by atoms with Gasteiger partial charge in [0.05, 0.1) is 42.3 Å². The molecule has 0 radical (unpaired) electrons. The van der Waals surface area contributed by atoms with Crippen molar-refractivity contribution in [3.05, 3.63) is 81.6 Å². The number of fused-ring (bicyclic) bond motifs is 1. The van der Waals surface area contributed by atoms with E-state index in [-0.39, 0.29) is 6.10 Å². The Balaban J connectivity index is 1.21. The normalized spacial score (nSPS) is 19.0. The number of hydrogen-bond donors (Lipinski definition) is 1. The van der Waals surface area contributed by atoms with Crippen molar-refractivity contribution in [1.29, 1.82) is 0 Å². The minimum absolute atomic E-state index is 0.281. The lowest BCUT2D eigenvalue weighted by Crippen LogP contribution is -2.51. The summed E-state index contributed by atoms with van der Waals surface area (Å²) >= 11 is 14.3. The number of halogens is 2. The maximum atomic E-state index is 9.63. The fourth-order valence-corrected chi connectivity index (χ4v) is 7.56. The van der Waals surface area contributed by atoms with Gasteiger partial charge in [-0.3, -0.25) is 14.8 Å². The lowest BCUT2D eigenvalue weighted by Gasteiger charge is -2.41. The van der Waals surface area contributed by atoms with E-state index in [1.807, 2.05) is 30.3 Å². The van der Waals surface area contributed by atoms with E-state index in [9.17, 15) is 5.11 Å². The maximum absolute atomic E-state index is 9.63. The van der Waals surface area contributed by atoms with Crippen molar-refractivity contribution in [2.75, 3.05) is 40.4 Å². The Hall–Kier alpha value is -3.20. The van der Waals surface area contributed by atoms with Crippen LogP contribution in [-0.4, -0.2) is 77.4 Å². The van der Waals surface area contributed by atoms with Crippen LogP contribution in [0.1, 0.15) is 23.7 Å². The van der Waals surface area contributed by atoms with Crippen molar-refractivity contribution in [1.82, 2.24) is 19.8 Å². The second kappa shape index (κ2) is 12.0. The summed E-state index contributed by atoms with van der Waals surface area (Å²) in [6, 6.07) is 16.9. The van der Waals surface area contributed by atoms with Crippen LogP contribution in [0.3, 0.4) is 0 Å². The number of ether oxygens (including phenoxy) is 2. The molecule has 1 aromatic heterocycles. The van der Waals surface area contributed by atoms with Gasteiger partial charge < -0.3 is 14.6 Å². The molecule has 3 heterocycles. The van der Waals surface area contributed by atoms with E-state index in [0.29, 0.717) is 47.3 Å². The average Bonchev–Trinajstić information content (AvgIpc) is 3.42. The summed E-state index contributed by atoms with van der Waals surface area (Å²) in [5, 5.41) is 10.8. The van der Waals surface area contributed by atoms with Gasteiger partial charge in [0.2, 0.25) is 5.88 Å². The van der Waals surface area contributed by atoms with E-state index in [0.717, 1.165) is 58.0 Å². The molecule has 0 spiro atoms. The van der Waals surface area contributed by atoms with Crippen molar-refractivity contribution >= 4 is 23.2 Å². The van der Waals surface area contributed by atoms with Crippen molar-refractivity contribution in [3.8, 4) is 45.1 Å². The van der Waals surface area contributed by atoms with Crippen molar-refractivity contribution in [2.24, 2.45) is 5.92 Å². The van der Waals surface area contributed by atoms with Crippen molar-refractivity contribution < 1.29 is 14.6 Å². The van der Waals surface area contributed by atoms with Crippen LogP contribution in [0, 0.1) is 5.92 Å². The Kier molecular flexibility index (Phi) is 8.02. The zero-order chi connectivity index (χ0) is 30.5. The van der Waals surface area contributed by atoms with Crippen LogP contribution in [0.2, 0.25) is 10.0 Å². The molecule has 1 N–H and O–H groups in total. The molecule has 44 heavy (non-hydrogen) atoms. The number of aliphatic hydroxyl groups excluding tert-OH is 1. The molecular weight excluding hydrogens is 595 g/mol. The van der Waals surface area contributed by atoms with E-state index < -0.39 is 0 Å². The molecule has 2 saturated heterocycles. The molecule has 3 aromatic carbocycles. The first-order valence-corrected chi connectivity index (χ1v) is 15.9. The molecule has 7 nitrogen and oxygen atoms in total. The number of likely N-dealkylation sites (tertiary alicyclic amines) is 2. The zero-order valence-corrected chi connectivity index (χ0v) is 26.7. The van der Waals surface area contributed by atoms with Crippen LogP contribution in [0.25, 0.3) is 33.5 Å². The number of rotatable bonds is 8. The third kappa shape index (κ3) is 5.35. The number of methoxy groups -OCH3 is 2. The SMILES string of the molecule is COc1cc(-c2cccc(-c3cccc(-c4cnc(CN5CC(O)C5)c(OC)n4)c3Cl)c2Cl)cc2c1C[C@@H](N1CC(C)C1)C2. The Morgan fingerprint density at radius 2 is 1.57 bits per heavy atom. The molecule has 2 fully saturated rings. The zero-order valence-electron chi connectivity index (χ0n) is 25.2. The Labute approximate surface area is 268 Å². The van der Waals surface area contributed by atoms with Gasteiger partial charge in [0, 0.05) is 61.0 Å². The van der Waals surface area contributed by atoms with E-state index in [4.69, 9.17) is 37.7 Å². The van der Waals surface area contributed by atoms with Gasteiger partial charge in [-0.2, -0.15) is 0 Å². The van der Waals surface area contributed by atoms with Crippen LogP contribution in [0.4, 0.5) is 0 Å². The lowest BCUT2D eigenvalue weighted by atomic mass is 9.95. The molecule has 3 aliphatic rings. The predicted molar refractivity (Wildman–Crippen MR) is 175 cm³/mol. The summed E-state index contributed by atoms with van der Waals surface area (Å²) in [5.41, 5.74) is 8.37. The standard InChI is InChI=1S/C35H36Cl2N4O3/c1-20-15-41(16-20)23-11-21-10-22(12-32(43-2)29(21)13-23)25-6-4-7-26(33(25)36)27-8-5-9-28(34(27)37)30-14-38-31(35(39-30)44-3)19-40-17-24(42)18-40/h4-10,12,14,20,23-24,42H,11,13,15-19H2,1-3H3/t23-/m0/s1. The topological polar surface area (TPSA) is 71.0 Å². The summed E-state index contributed by atoms with van der Waals surface area (Å²) < 4.78 is 11.5. The third-order valence-corrected chi connectivity index (χ3v) is 10.0. The maximum Gasteiger partial charge on any atom is 0.237 e. The molecule has 4 aromatic rings. The van der Waals surface area contributed by atoms with Crippen LogP contribution >= 0.6 is 23.2 Å². The number of aliphatic hydroxyl groups is 1. The summed E-state index contributed by atoms with van der Waals surface area (Å²) in [4.78, 5) is 14.1. The minimum Gasteiger partial charge on any atom is -0.496 e. The third-order valence-electron chi connectivity index (χ3n) is 9.22. The van der Waals surface area contributed by atoms with E-state index >= 15 is 0 Å². The molecule has 2 aliphatic heterocycles. The quantitative estimate of drug-likeness (QED) is 0.242. The first kappa shape index (κ1) is 29.5. The molecular formula is C35H36Cl2N4O3. The summed E-state index contributed by atoms with van der Waals surface area (Å²) in [6.07, 6.45) is 3.50. The highest BCUT2D eigenvalue weighted by Gasteiger charge is 2.35. The summed E-state index contributed by atoms with van der Waals surface area (Å²) in [6.45, 7) is 6.47. The first-order valence-electron chi connectivity index (χ1n) is 15.1. The highest BCUT2D eigenvalue weighted by atomic mass is 35.5. The van der Waals surface area contributed by atoms with Gasteiger partial charge in [-0.1, -0.05) is 72.6 Å². The summed E-state index contributed by atoms with van der Waals surface area (Å²) in [5.74, 6) is 2.15. The van der Waals surface area contributed by atoms with Crippen LogP contribution in [0.5, 0.6) is 11.6 Å². The smallest absolute Gasteiger partial charge is 0.237 e. The summed E-state index contributed by atoms with van der Waals surface area (Å²) in [7, 11) is 3.34. The number of aromatic nitrogens is 2. The van der Waals surface area contributed by atoms with Gasteiger partial charge >= 0.3 is 0 Å². The van der Waals surface area contributed by atoms with Gasteiger partial charge in [0.1, 0.15) is 11.4 Å². The molecule has 0 bridgehead atoms. The molecule has 228 valence electrons. The number of hydrogen-bond acceptors (Lipinski definition) is 7. The van der Waals surface area contributed by atoms with Crippen molar-refractivity contribution in [3.63, 3.8) is 0 Å². The average molecular weight is 632 g/mol. The van der Waals surface area contributed by atoms with Gasteiger partial charge in [0.15, 0.2) is 0 Å².